The maximum Gasteiger partial charge on any atom is 0.145 e. The third-order valence-electron chi connectivity index (χ3n) is 0.702. The lowest BCUT2D eigenvalue weighted by Gasteiger charge is -1.90. The summed E-state index contributed by atoms with van der Waals surface area (Å²) in [5.74, 6) is 0. The van der Waals surface area contributed by atoms with Crippen LogP contribution in [0, 0.1) is 0 Å². The Bertz CT molecular complexity index is 27.8. The standard InChI is InChI=1S/C4H12OSi.3ClH/c1-2-3-4-5-6;;;/h2-4H2,1,6H3;3*1H. The van der Waals surface area contributed by atoms with Crippen LogP contribution in [0.1, 0.15) is 19.8 Å². The van der Waals surface area contributed by atoms with Gasteiger partial charge in [-0.05, 0) is 6.42 Å². The van der Waals surface area contributed by atoms with Crippen molar-refractivity contribution in [2.45, 2.75) is 19.8 Å². The number of unbranched alkanes of at least 4 members (excludes halogenated alkanes) is 1. The molecule has 0 radical (unpaired) electrons. The molecule has 0 aliphatic carbocycles. The average Bonchev–Trinajstić information content (AvgIpc) is 1.61. The molecule has 9 heavy (non-hydrogen) atoms. The lowest BCUT2D eigenvalue weighted by Crippen LogP contribution is -1.85. The Hall–Kier alpha value is 1.05. The van der Waals surface area contributed by atoms with Crippen LogP contribution in [0.2, 0.25) is 0 Å². The van der Waals surface area contributed by atoms with Crippen LogP contribution in [0.4, 0.5) is 0 Å². The van der Waals surface area contributed by atoms with Crippen molar-refractivity contribution in [3.8, 4) is 0 Å². The maximum absolute atomic E-state index is 4.92. The van der Waals surface area contributed by atoms with Gasteiger partial charge in [0.25, 0.3) is 0 Å². The van der Waals surface area contributed by atoms with E-state index in [0.29, 0.717) is 0 Å². The topological polar surface area (TPSA) is 9.23 Å². The van der Waals surface area contributed by atoms with E-state index in [2.05, 4.69) is 6.92 Å². The van der Waals surface area contributed by atoms with Crippen molar-refractivity contribution in [1.29, 1.82) is 0 Å². The van der Waals surface area contributed by atoms with E-state index in [1.165, 1.54) is 12.8 Å². The summed E-state index contributed by atoms with van der Waals surface area (Å²) in [7, 11) is 0.903. The molecule has 0 aliphatic heterocycles. The molecule has 0 heterocycles. The first-order valence-electron chi connectivity index (χ1n) is 2.40. The summed E-state index contributed by atoms with van der Waals surface area (Å²) in [6.45, 7) is 3.14. The van der Waals surface area contributed by atoms with Gasteiger partial charge in [-0.3, -0.25) is 0 Å². The van der Waals surface area contributed by atoms with Crippen molar-refractivity contribution < 1.29 is 4.43 Å². The molecule has 0 saturated carbocycles. The minimum Gasteiger partial charge on any atom is -0.428 e. The smallest absolute Gasteiger partial charge is 0.145 e. The van der Waals surface area contributed by atoms with Gasteiger partial charge in [0.05, 0.1) is 0 Å². The second-order valence-electron chi connectivity index (χ2n) is 1.35. The highest BCUT2D eigenvalue weighted by molar-refractivity contribution is 5.97. The molecule has 0 spiro atoms. The van der Waals surface area contributed by atoms with Crippen molar-refractivity contribution in [3.63, 3.8) is 0 Å². The van der Waals surface area contributed by atoms with E-state index in [4.69, 9.17) is 4.43 Å². The second kappa shape index (κ2) is 23.0. The fraction of sp³-hybridized carbons (Fsp3) is 1.00. The summed E-state index contributed by atoms with van der Waals surface area (Å²) >= 11 is 0. The molecule has 0 amide bonds. The van der Waals surface area contributed by atoms with Crippen LogP contribution in [0.5, 0.6) is 0 Å². The van der Waals surface area contributed by atoms with Crippen LogP contribution < -0.4 is 0 Å². The van der Waals surface area contributed by atoms with E-state index >= 15 is 0 Å². The van der Waals surface area contributed by atoms with Gasteiger partial charge in [-0.25, -0.2) is 0 Å². The summed E-state index contributed by atoms with van der Waals surface area (Å²) in [5, 5.41) is 0. The van der Waals surface area contributed by atoms with E-state index < -0.39 is 0 Å². The molecule has 0 aromatic heterocycles. The van der Waals surface area contributed by atoms with Gasteiger partial charge in [0.15, 0.2) is 0 Å². The normalized spacial score (nSPS) is 6.33. The van der Waals surface area contributed by atoms with Gasteiger partial charge in [-0.2, -0.15) is 0 Å². The molecule has 62 valence electrons. The van der Waals surface area contributed by atoms with Gasteiger partial charge in [0.2, 0.25) is 0 Å². The first-order valence-corrected chi connectivity index (χ1v) is 3.22. The van der Waals surface area contributed by atoms with Crippen LogP contribution in [0.3, 0.4) is 0 Å². The largest absolute Gasteiger partial charge is 0.428 e. The predicted octanol–water partition coefficient (Wildman–Crippen LogP) is 1.35. The van der Waals surface area contributed by atoms with Gasteiger partial charge in [0.1, 0.15) is 10.5 Å². The molecule has 5 heteroatoms. The number of hydrogen-bond donors (Lipinski definition) is 0. The molecule has 0 fully saturated rings. The van der Waals surface area contributed by atoms with E-state index in [0.717, 1.165) is 17.1 Å². The summed E-state index contributed by atoms with van der Waals surface area (Å²) in [4.78, 5) is 0. The van der Waals surface area contributed by atoms with Gasteiger partial charge in [0, 0.05) is 6.61 Å². The SMILES string of the molecule is CCCCO[SiH3].Cl.Cl.Cl. The molecule has 0 rings (SSSR count). The summed E-state index contributed by atoms with van der Waals surface area (Å²) < 4.78 is 4.92. The molecule has 0 atom stereocenters. The van der Waals surface area contributed by atoms with Crippen LogP contribution in [0.15, 0.2) is 0 Å². The van der Waals surface area contributed by atoms with Gasteiger partial charge < -0.3 is 4.43 Å². The number of halogens is 3. The van der Waals surface area contributed by atoms with Gasteiger partial charge in [-0.1, -0.05) is 13.3 Å². The molecule has 0 aromatic carbocycles. The van der Waals surface area contributed by atoms with Crippen molar-refractivity contribution in [1.82, 2.24) is 0 Å². The van der Waals surface area contributed by atoms with Crippen molar-refractivity contribution in [2.75, 3.05) is 6.61 Å². The van der Waals surface area contributed by atoms with E-state index in [9.17, 15) is 0 Å². The molecule has 0 saturated heterocycles. The third-order valence-corrected chi connectivity index (χ3v) is 1.11. The number of rotatable bonds is 3. The third kappa shape index (κ3) is 27.4. The Balaban J connectivity index is -0.0000000417. The van der Waals surface area contributed by atoms with Crippen LogP contribution in [-0.2, 0) is 4.43 Å². The molecular formula is C4H15Cl3OSi. The van der Waals surface area contributed by atoms with E-state index in [1.54, 1.807) is 0 Å². The molecule has 0 bridgehead atoms. The zero-order chi connectivity index (χ0) is 4.83. The molecule has 0 unspecified atom stereocenters. The van der Waals surface area contributed by atoms with Crippen molar-refractivity contribution in [3.05, 3.63) is 0 Å². The Morgan fingerprint density at radius 1 is 1.22 bits per heavy atom. The fourth-order valence-electron chi connectivity index (χ4n) is 0.289. The second-order valence-corrected chi connectivity index (χ2v) is 1.92. The summed E-state index contributed by atoms with van der Waals surface area (Å²) in [6, 6.07) is 0. The zero-order valence-corrected chi connectivity index (χ0v) is 10.2. The molecule has 0 aliphatic rings. The maximum atomic E-state index is 4.92. The quantitative estimate of drug-likeness (QED) is 0.508. The summed E-state index contributed by atoms with van der Waals surface area (Å²) in [6.07, 6.45) is 2.48. The monoisotopic (exact) mass is 212 g/mol. The Kier molecular flexibility index (Phi) is 57.5. The molecular weight excluding hydrogens is 198 g/mol. The van der Waals surface area contributed by atoms with Gasteiger partial charge in [-0.15, -0.1) is 37.2 Å². The van der Waals surface area contributed by atoms with Crippen LogP contribution >= 0.6 is 37.2 Å². The lowest BCUT2D eigenvalue weighted by atomic mass is 10.4. The highest BCUT2D eigenvalue weighted by Crippen LogP contribution is 1.82. The summed E-state index contributed by atoms with van der Waals surface area (Å²) in [5.41, 5.74) is 0. The van der Waals surface area contributed by atoms with Crippen molar-refractivity contribution in [2.24, 2.45) is 0 Å². The number of hydrogen-bond acceptors (Lipinski definition) is 1. The van der Waals surface area contributed by atoms with Gasteiger partial charge >= 0.3 is 0 Å². The van der Waals surface area contributed by atoms with Crippen molar-refractivity contribution >= 4 is 47.7 Å². The van der Waals surface area contributed by atoms with Crippen LogP contribution in [-0.4, -0.2) is 17.1 Å². The zero-order valence-electron chi connectivity index (χ0n) is 5.75. The lowest BCUT2D eigenvalue weighted by molar-refractivity contribution is 0.339. The average molecular weight is 214 g/mol. The Labute approximate surface area is 78.7 Å². The first kappa shape index (κ1) is 22.5. The fourth-order valence-corrected chi connectivity index (χ4v) is 0.577. The van der Waals surface area contributed by atoms with Crippen LogP contribution in [0.25, 0.3) is 0 Å². The van der Waals surface area contributed by atoms with E-state index in [1.807, 2.05) is 0 Å². The highest BCUT2D eigenvalue weighted by atomic mass is 35.5. The predicted molar refractivity (Wildman–Crippen MR) is 52.5 cm³/mol. The minimum atomic E-state index is 0. The first-order chi connectivity index (χ1) is 2.91. The highest BCUT2D eigenvalue weighted by Gasteiger charge is 1.74. The molecule has 0 aromatic rings. The van der Waals surface area contributed by atoms with E-state index in [-0.39, 0.29) is 37.2 Å². The Morgan fingerprint density at radius 3 is 1.78 bits per heavy atom. The molecule has 0 N–H and O–H groups in total. The molecule has 1 nitrogen and oxygen atoms in total. The Morgan fingerprint density at radius 2 is 1.67 bits per heavy atom. The minimum absolute atomic E-state index is 0.